The monoisotopic (exact) mass is 283 g/mol. The van der Waals surface area contributed by atoms with Gasteiger partial charge in [0.2, 0.25) is 5.91 Å². The summed E-state index contributed by atoms with van der Waals surface area (Å²) in [6, 6.07) is -0.00962. The molecule has 0 aliphatic carbocycles. The Morgan fingerprint density at radius 2 is 2.05 bits per heavy atom. The molecule has 0 aliphatic heterocycles. The highest BCUT2D eigenvalue weighted by Gasteiger charge is 2.11. The minimum atomic E-state index is -0.543. The third-order valence-electron chi connectivity index (χ3n) is 3.06. The Hall–Kier alpha value is -1.89. The molecule has 0 saturated heterocycles. The highest BCUT2D eigenvalue weighted by Crippen LogP contribution is 2.01. The van der Waals surface area contributed by atoms with Crippen LogP contribution in [-0.4, -0.2) is 33.6 Å². The summed E-state index contributed by atoms with van der Waals surface area (Å²) in [6.45, 7) is 3.60. The third kappa shape index (κ3) is 5.00. The van der Waals surface area contributed by atoms with Crippen molar-refractivity contribution in [3.63, 3.8) is 0 Å². The first-order chi connectivity index (χ1) is 9.43. The molecule has 112 valence electrons. The Morgan fingerprint density at radius 1 is 1.35 bits per heavy atom. The normalized spacial score (nSPS) is 12.2. The van der Waals surface area contributed by atoms with E-state index in [1.807, 2.05) is 6.92 Å². The summed E-state index contributed by atoms with van der Waals surface area (Å²) in [6.07, 6.45) is 1.80. The minimum absolute atomic E-state index is 0.00962. The van der Waals surface area contributed by atoms with Gasteiger partial charge in [-0.3, -0.25) is 14.6 Å². The van der Waals surface area contributed by atoms with Crippen molar-refractivity contribution < 1.29 is 9.90 Å². The van der Waals surface area contributed by atoms with Gasteiger partial charge in [0.1, 0.15) is 0 Å². The van der Waals surface area contributed by atoms with Crippen molar-refractivity contribution in [1.29, 1.82) is 0 Å². The predicted octanol–water partition coefficient (Wildman–Crippen LogP) is -0.419. The Balaban J connectivity index is 2.53. The van der Waals surface area contributed by atoms with E-state index in [0.29, 0.717) is 24.1 Å². The number of nitrogens with one attached hydrogen (secondary N) is 3. The lowest BCUT2D eigenvalue weighted by Gasteiger charge is -2.13. The summed E-state index contributed by atoms with van der Waals surface area (Å²) < 4.78 is 0. The molecular formula is C13H21N3O4. The lowest BCUT2D eigenvalue weighted by Crippen LogP contribution is -2.33. The second kappa shape index (κ2) is 7.64. The number of amides is 1. The summed E-state index contributed by atoms with van der Waals surface area (Å²) >= 11 is 0. The molecule has 1 aromatic rings. The molecule has 0 bridgehead atoms. The maximum Gasteiger partial charge on any atom is 0.325 e. The number of H-pyrrole nitrogens is 2. The molecule has 1 amide bonds. The van der Waals surface area contributed by atoms with Crippen LogP contribution in [0.25, 0.3) is 0 Å². The van der Waals surface area contributed by atoms with Crippen molar-refractivity contribution in [2.75, 3.05) is 6.61 Å². The molecule has 7 heteroatoms. The topological polar surface area (TPSA) is 115 Å². The first-order valence-electron chi connectivity index (χ1n) is 6.66. The van der Waals surface area contributed by atoms with Crippen molar-refractivity contribution in [2.24, 2.45) is 0 Å². The fraction of sp³-hybridized carbons (Fsp3) is 0.615. The number of carbonyl (C=O) groups is 1. The average Bonchev–Trinajstić information content (AvgIpc) is 2.34. The number of rotatable bonds is 7. The van der Waals surface area contributed by atoms with Gasteiger partial charge in [-0.2, -0.15) is 0 Å². The van der Waals surface area contributed by atoms with Gasteiger partial charge in [-0.15, -0.1) is 0 Å². The average molecular weight is 283 g/mol. The van der Waals surface area contributed by atoms with Crippen molar-refractivity contribution in [2.45, 2.75) is 45.6 Å². The van der Waals surface area contributed by atoms with Crippen LogP contribution in [0, 0.1) is 6.92 Å². The zero-order valence-electron chi connectivity index (χ0n) is 11.8. The van der Waals surface area contributed by atoms with Crippen LogP contribution >= 0.6 is 0 Å². The molecule has 0 saturated carbocycles. The van der Waals surface area contributed by atoms with Crippen LogP contribution in [0.4, 0.5) is 0 Å². The standard InChI is InChI=1S/C13H21N3O4/c1-8(4-3-7-17)14-11(18)6-5-10-9(2)15-13(20)16-12(10)19/h8,17H,3-7H2,1-2H3,(H,14,18)(H2,15,16,19,20). The van der Waals surface area contributed by atoms with Gasteiger partial charge in [0, 0.05) is 30.3 Å². The first-order valence-corrected chi connectivity index (χ1v) is 6.66. The quantitative estimate of drug-likeness (QED) is 0.544. The molecule has 1 atom stereocenters. The van der Waals surface area contributed by atoms with Crippen molar-refractivity contribution >= 4 is 5.91 Å². The smallest absolute Gasteiger partial charge is 0.325 e. The Labute approximate surface area is 116 Å². The van der Waals surface area contributed by atoms with E-state index in [-0.39, 0.29) is 31.4 Å². The van der Waals surface area contributed by atoms with Crippen molar-refractivity contribution in [3.8, 4) is 0 Å². The van der Waals surface area contributed by atoms with Gasteiger partial charge in [-0.05, 0) is 33.1 Å². The lowest BCUT2D eigenvalue weighted by atomic mass is 10.1. The van der Waals surface area contributed by atoms with Crippen LogP contribution in [0.1, 0.15) is 37.4 Å². The van der Waals surface area contributed by atoms with Crippen molar-refractivity contribution in [1.82, 2.24) is 15.3 Å². The number of aliphatic hydroxyl groups excluding tert-OH is 1. The Kier molecular flexibility index (Phi) is 6.17. The van der Waals surface area contributed by atoms with Gasteiger partial charge in [-0.25, -0.2) is 4.79 Å². The Bertz CT molecular complexity index is 561. The highest BCUT2D eigenvalue weighted by molar-refractivity contribution is 5.76. The van der Waals surface area contributed by atoms with Crippen LogP contribution in [0.5, 0.6) is 0 Å². The highest BCUT2D eigenvalue weighted by atomic mass is 16.3. The summed E-state index contributed by atoms with van der Waals surface area (Å²) in [7, 11) is 0. The summed E-state index contributed by atoms with van der Waals surface area (Å²) in [5.41, 5.74) is -0.0895. The molecule has 0 aliphatic rings. The maximum atomic E-state index is 11.7. The zero-order valence-corrected chi connectivity index (χ0v) is 11.8. The van der Waals surface area contributed by atoms with Gasteiger partial charge in [-0.1, -0.05) is 0 Å². The third-order valence-corrected chi connectivity index (χ3v) is 3.06. The molecule has 1 aromatic heterocycles. The van der Waals surface area contributed by atoms with Crippen LogP contribution in [0.3, 0.4) is 0 Å². The molecule has 7 nitrogen and oxygen atoms in total. The number of hydrogen-bond acceptors (Lipinski definition) is 4. The fourth-order valence-corrected chi connectivity index (χ4v) is 1.98. The van der Waals surface area contributed by atoms with E-state index in [2.05, 4.69) is 15.3 Å². The molecule has 0 fully saturated rings. The molecule has 20 heavy (non-hydrogen) atoms. The first kappa shape index (κ1) is 16.2. The molecule has 1 heterocycles. The molecule has 0 aromatic carbocycles. The summed E-state index contributed by atoms with van der Waals surface area (Å²) in [4.78, 5) is 39.0. The second-order valence-electron chi connectivity index (χ2n) is 4.85. The van der Waals surface area contributed by atoms with Gasteiger partial charge < -0.3 is 15.4 Å². The van der Waals surface area contributed by atoms with Crippen LogP contribution < -0.4 is 16.6 Å². The maximum absolute atomic E-state index is 11.7. The fourth-order valence-electron chi connectivity index (χ4n) is 1.98. The molecular weight excluding hydrogens is 262 g/mol. The molecule has 1 rings (SSSR count). The summed E-state index contributed by atoms with van der Waals surface area (Å²) in [5, 5.41) is 11.5. The molecule has 0 radical (unpaired) electrons. The minimum Gasteiger partial charge on any atom is -0.396 e. The van der Waals surface area contributed by atoms with E-state index < -0.39 is 11.2 Å². The lowest BCUT2D eigenvalue weighted by molar-refractivity contribution is -0.121. The van der Waals surface area contributed by atoms with E-state index in [0.717, 1.165) is 0 Å². The number of aryl methyl sites for hydroxylation is 1. The van der Waals surface area contributed by atoms with E-state index >= 15 is 0 Å². The van der Waals surface area contributed by atoms with Crippen LogP contribution in [-0.2, 0) is 11.2 Å². The largest absolute Gasteiger partial charge is 0.396 e. The SMILES string of the molecule is Cc1[nH]c(=O)[nH]c(=O)c1CCC(=O)NC(C)CCCO. The number of hydrogen-bond donors (Lipinski definition) is 4. The van der Waals surface area contributed by atoms with Gasteiger partial charge >= 0.3 is 5.69 Å². The van der Waals surface area contributed by atoms with Gasteiger partial charge in [0.15, 0.2) is 0 Å². The van der Waals surface area contributed by atoms with E-state index in [4.69, 9.17) is 5.11 Å². The van der Waals surface area contributed by atoms with Crippen LogP contribution in [0.15, 0.2) is 9.59 Å². The number of carbonyl (C=O) groups excluding carboxylic acids is 1. The van der Waals surface area contributed by atoms with E-state index in [1.165, 1.54) is 0 Å². The number of aromatic amines is 2. The van der Waals surface area contributed by atoms with E-state index in [1.54, 1.807) is 6.92 Å². The Morgan fingerprint density at radius 3 is 2.65 bits per heavy atom. The second-order valence-corrected chi connectivity index (χ2v) is 4.85. The van der Waals surface area contributed by atoms with Crippen molar-refractivity contribution in [3.05, 3.63) is 32.1 Å². The van der Waals surface area contributed by atoms with Gasteiger partial charge in [0.05, 0.1) is 0 Å². The molecule has 0 spiro atoms. The molecule has 1 unspecified atom stereocenters. The number of aromatic nitrogens is 2. The van der Waals surface area contributed by atoms with Gasteiger partial charge in [0.25, 0.3) is 5.56 Å². The number of aliphatic hydroxyl groups is 1. The van der Waals surface area contributed by atoms with Crippen LogP contribution in [0.2, 0.25) is 0 Å². The predicted molar refractivity (Wildman–Crippen MR) is 74.7 cm³/mol. The molecule has 4 N–H and O–H groups in total. The van der Waals surface area contributed by atoms with E-state index in [9.17, 15) is 14.4 Å². The zero-order chi connectivity index (χ0) is 15.1. The summed E-state index contributed by atoms with van der Waals surface area (Å²) in [5.74, 6) is -0.152.